The van der Waals surface area contributed by atoms with Gasteiger partial charge >= 0.3 is 0 Å². The van der Waals surface area contributed by atoms with Gasteiger partial charge in [-0.1, -0.05) is 83.4 Å². The third-order valence-corrected chi connectivity index (χ3v) is 6.57. The number of likely N-dealkylation sites (N-methyl/N-ethyl adjacent to an activating group) is 1. The fourth-order valence-electron chi connectivity index (χ4n) is 3.95. The molecule has 2 amide bonds. The molecule has 1 unspecified atom stereocenters. The van der Waals surface area contributed by atoms with Gasteiger partial charge in [-0.2, -0.15) is 0 Å². The molecule has 0 spiro atoms. The predicted molar refractivity (Wildman–Crippen MR) is 139 cm³/mol. The van der Waals surface area contributed by atoms with Gasteiger partial charge in [0.2, 0.25) is 11.8 Å². The Bertz CT molecular complexity index is 1130. The Hall–Kier alpha value is -2.82. The van der Waals surface area contributed by atoms with Crippen molar-refractivity contribution in [3.63, 3.8) is 0 Å². The molecule has 0 saturated heterocycles. The first-order valence-corrected chi connectivity index (χ1v) is 12.2. The molecule has 1 atom stereocenters. The summed E-state index contributed by atoms with van der Waals surface area (Å²) >= 11 is 12.9. The van der Waals surface area contributed by atoms with E-state index in [1.54, 1.807) is 23.1 Å². The van der Waals surface area contributed by atoms with E-state index in [4.69, 9.17) is 23.2 Å². The number of carbonyl (C=O) groups excluding carboxylic acids is 2. The Morgan fingerprint density at radius 3 is 2.26 bits per heavy atom. The summed E-state index contributed by atoms with van der Waals surface area (Å²) in [5.74, 6) is -0.360. The number of benzene rings is 3. The number of rotatable bonds is 9. The van der Waals surface area contributed by atoms with E-state index >= 15 is 0 Å². The highest BCUT2D eigenvalue weighted by Crippen LogP contribution is 2.28. The van der Waals surface area contributed by atoms with Crippen molar-refractivity contribution in [3.8, 4) is 0 Å². The van der Waals surface area contributed by atoms with Crippen molar-refractivity contribution >= 4 is 35.0 Å². The molecule has 0 aromatic heterocycles. The largest absolute Gasteiger partial charge is 0.355 e. The van der Waals surface area contributed by atoms with Gasteiger partial charge in [-0.05, 0) is 49.6 Å². The van der Waals surface area contributed by atoms with Gasteiger partial charge in [0.1, 0.15) is 6.04 Å². The highest BCUT2D eigenvalue weighted by atomic mass is 35.5. The molecule has 178 valence electrons. The van der Waals surface area contributed by atoms with Gasteiger partial charge in [-0.3, -0.25) is 9.59 Å². The number of hydrogen-bond donors (Lipinski definition) is 1. The Kier molecular flexibility index (Phi) is 9.14. The van der Waals surface area contributed by atoms with Gasteiger partial charge in [0.05, 0.1) is 6.42 Å². The monoisotopic (exact) mass is 496 g/mol. The Balaban J connectivity index is 2.03. The first kappa shape index (κ1) is 25.8. The molecule has 3 aromatic rings. The smallest absolute Gasteiger partial charge is 0.243 e. The fourth-order valence-corrected chi connectivity index (χ4v) is 4.47. The van der Waals surface area contributed by atoms with E-state index in [9.17, 15) is 9.59 Å². The van der Waals surface area contributed by atoms with Crippen LogP contribution in [0.25, 0.3) is 0 Å². The lowest BCUT2D eigenvalue weighted by Crippen LogP contribution is -2.51. The van der Waals surface area contributed by atoms with Crippen LogP contribution in [0, 0.1) is 13.8 Å². The molecule has 0 saturated carbocycles. The number of aryl methyl sites for hydroxylation is 2. The highest BCUT2D eigenvalue weighted by Gasteiger charge is 2.31. The van der Waals surface area contributed by atoms with Crippen molar-refractivity contribution < 1.29 is 9.59 Å². The molecular formula is C28H30Cl2N2O2. The topological polar surface area (TPSA) is 49.4 Å². The summed E-state index contributed by atoms with van der Waals surface area (Å²) < 4.78 is 0. The second-order valence-electron chi connectivity index (χ2n) is 8.43. The van der Waals surface area contributed by atoms with E-state index in [0.717, 1.165) is 22.3 Å². The molecule has 3 aromatic carbocycles. The summed E-state index contributed by atoms with van der Waals surface area (Å²) in [5.41, 5.74) is 4.65. The van der Waals surface area contributed by atoms with Crippen LogP contribution in [0.3, 0.4) is 0 Å². The summed E-state index contributed by atoms with van der Waals surface area (Å²) in [6.07, 6.45) is 0.563. The molecule has 4 nitrogen and oxygen atoms in total. The quantitative estimate of drug-likeness (QED) is 0.399. The lowest BCUT2D eigenvalue weighted by Gasteiger charge is -2.32. The molecule has 34 heavy (non-hydrogen) atoms. The van der Waals surface area contributed by atoms with Crippen molar-refractivity contribution in [2.75, 3.05) is 6.54 Å². The molecule has 1 N–H and O–H groups in total. The van der Waals surface area contributed by atoms with Gasteiger partial charge in [0.25, 0.3) is 0 Å². The van der Waals surface area contributed by atoms with Crippen LogP contribution in [0.15, 0.2) is 66.7 Å². The average molecular weight is 497 g/mol. The van der Waals surface area contributed by atoms with Crippen LogP contribution in [0.1, 0.15) is 34.7 Å². The van der Waals surface area contributed by atoms with E-state index in [1.165, 1.54) is 0 Å². The minimum atomic E-state index is -0.715. The Morgan fingerprint density at radius 2 is 1.62 bits per heavy atom. The zero-order valence-corrected chi connectivity index (χ0v) is 21.3. The van der Waals surface area contributed by atoms with E-state index in [0.29, 0.717) is 28.6 Å². The number of amides is 2. The summed E-state index contributed by atoms with van der Waals surface area (Å²) in [6, 6.07) is 20.3. The van der Waals surface area contributed by atoms with E-state index in [1.807, 2.05) is 69.3 Å². The van der Waals surface area contributed by atoms with Crippen molar-refractivity contribution in [2.24, 2.45) is 0 Å². The predicted octanol–water partition coefficient (Wildman–Crippen LogP) is 5.93. The molecule has 0 aliphatic heterocycles. The maximum atomic E-state index is 13.8. The number of halogens is 2. The minimum Gasteiger partial charge on any atom is -0.355 e. The zero-order valence-electron chi connectivity index (χ0n) is 19.8. The lowest BCUT2D eigenvalue weighted by molar-refractivity contribution is -0.140. The molecule has 0 radical (unpaired) electrons. The molecule has 3 rings (SSSR count). The van der Waals surface area contributed by atoms with Crippen molar-refractivity contribution in [3.05, 3.63) is 105 Å². The van der Waals surface area contributed by atoms with Crippen LogP contribution in [-0.2, 0) is 29.0 Å². The number of nitrogens with zero attached hydrogens (tertiary/aromatic N) is 1. The van der Waals surface area contributed by atoms with Gasteiger partial charge in [0, 0.05) is 35.1 Å². The third-order valence-electron chi connectivity index (χ3n) is 5.86. The van der Waals surface area contributed by atoms with E-state index in [-0.39, 0.29) is 24.8 Å². The summed E-state index contributed by atoms with van der Waals surface area (Å²) in [7, 11) is 0. The van der Waals surface area contributed by atoms with Gasteiger partial charge < -0.3 is 10.2 Å². The summed E-state index contributed by atoms with van der Waals surface area (Å²) in [6.45, 7) is 6.46. The Labute approximate surface area is 211 Å². The van der Waals surface area contributed by atoms with Crippen molar-refractivity contribution in [1.82, 2.24) is 10.2 Å². The van der Waals surface area contributed by atoms with Crippen LogP contribution >= 0.6 is 23.2 Å². The van der Waals surface area contributed by atoms with Crippen LogP contribution in [-0.4, -0.2) is 29.3 Å². The SMILES string of the molecule is CCNC(=O)C(Cc1ccccc1)N(Cc1c(Cl)cccc1Cl)C(=O)Cc1cc(C)ccc1C. The first-order valence-electron chi connectivity index (χ1n) is 11.4. The lowest BCUT2D eigenvalue weighted by atomic mass is 9.99. The van der Waals surface area contributed by atoms with Crippen molar-refractivity contribution in [2.45, 2.75) is 46.2 Å². The second kappa shape index (κ2) is 12.0. The second-order valence-corrected chi connectivity index (χ2v) is 9.24. The standard InChI is InChI=1S/C28H30Cl2N2O2/c1-4-31-28(34)26(16-21-9-6-5-7-10-21)32(18-23-24(29)11-8-12-25(23)30)27(33)17-22-15-19(2)13-14-20(22)3/h5-15,26H,4,16-18H2,1-3H3,(H,31,34). The van der Waals surface area contributed by atoms with Gasteiger partial charge in [-0.15, -0.1) is 0 Å². The third kappa shape index (κ3) is 6.62. The minimum absolute atomic E-state index is 0.136. The maximum absolute atomic E-state index is 13.8. The average Bonchev–Trinajstić information content (AvgIpc) is 2.81. The molecule has 0 aliphatic carbocycles. The molecule has 0 heterocycles. The molecule has 0 fully saturated rings. The number of carbonyl (C=O) groups is 2. The fraction of sp³-hybridized carbons (Fsp3) is 0.286. The van der Waals surface area contributed by atoms with E-state index in [2.05, 4.69) is 5.32 Å². The molecular weight excluding hydrogens is 467 g/mol. The summed E-state index contributed by atoms with van der Waals surface area (Å²) in [4.78, 5) is 28.7. The van der Waals surface area contributed by atoms with Crippen LogP contribution in [0.4, 0.5) is 0 Å². The number of hydrogen-bond acceptors (Lipinski definition) is 2. The van der Waals surface area contributed by atoms with Crippen LogP contribution in [0.5, 0.6) is 0 Å². The van der Waals surface area contributed by atoms with Gasteiger partial charge in [-0.25, -0.2) is 0 Å². The first-order chi connectivity index (χ1) is 16.3. The number of nitrogens with one attached hydrogen (secondary N) is 1. The molecule has 6 heteroatoms. The van der Waals surface area contributed by atoms with Crippen molar-refractivity contribution in [1.29, 1.82) is 0 Å². The molecule has 0 aliphatic rings. The normalized spacial score (nSPS) is 11.7. The molecule has 0 bridgehead atoms. The van der Waals surface area contributed by atoms with E-state index < -0.39 is 6.04 Å². The van der Waals surface area contributed by atoms with Gasteiger partial charge in [0.15, 0.2) is 0 Å². The van der Waals surface area contributed by atoms with Crippen LogP contribution < -0.4 is 5.32 Å². The highest BCUT2D eigenvalue weighted by molar-refractivity contribution is 6.36. The Morgan fingerprint density at radius 1 is 0.941 bits per heavy atom. The maximum Gasteiger partial charge on any atom is 0.243 e. The zero-order chi connectivity index (χ0) is 24.7. The van der Waals surface area contributed by atoms with Crippen LogP contribution in [0.2, 0.25) is 10.0 Å². The summed E-state index contributed by atoms with van der Waals surface area (Å²) in [5, 5.41) is 3.83.